The molecule has 4 bridgehead atoms. The van der Waals surface area contributed by atoms with Crippen molar-refractivity contribution in [3.63, 3.8) is 0 Å². The second-order valence-electron chi connectivity index (χ2n) is 15.3. The van der Waals surface area contributed by atoms with Gasteiger partial charge in [-0.25, -0.2) is 0 Å². The van der Waals surface area contributed by atoms with Gasteiger partial charge in [0.05, 0.1) is 24.7 Å². The lowest BCUT2D eigenvalue weighted by Crippen LogP contribution is -2.70. The molecule has 7 rings (SSSR count). The second kappa shape index (κ2) is 16.9. The minimum absolute atomic E-state index is 0.133. The van der Waals surface area contributed by atoms with Crippen molar-refractivity contribution in [1.29, 1.82) is 0 Å². The van der Waals surface area contributed by atoms with Crippen molar-refractivity contribution in [3.05, 3.63) is 12.1 Å². The van der Waals surface area contributed by atoms with Crippen molar-refractivity contribution in [3.8, 4) is 11.5 Å². The maximum atomic E-state index is 6.57. The van der Waals surface area contributed by atoms with E-state index < -0.39 is 13.5 Å². The van der Waals surface area contributed by atoms with Gasteiger partial charge in [-0.2, -0.15) is 0 Å². The summed E-state index contributed by atoms with van der Waals surface area (Å²) >= 11 is 0. The summed E-state index contributed by atoms with van der Waals surface area (Å²) in [5.41, 5.74) is 1.26. The van der Waals surface area contributed by atoms with Crippen LogP contribution in [0.1, 0.15) is 130 Å². The summed E-state index contributed by atoms with van der Waals surface area (Å²) in [5, 5.41) is 0. The molecule has 0 saturated carbocycles. The zero-order valence-corrected chi connectivity index (χ0v) is 29.5. The Labute approximate surface area is 279 Å². The lowest BCUT2D eigenvalue weighted by molar-refractivity contribution is -0.120. The van der Waals surface area contributed by atoms with Crippen LogP contribution in [-0.4, -0.2) is 66.4 Å². The molecule has 46 heavy (non-hydrogen) atoms. The van der Waals surface area contributed by atoms with Crippen LogP contribution in [0, 0.1) is 10.8 Å². The van der Waals surface area contributed by atoms with Gasteiger partial charge in [0, 0.05) is 50.5 Å². The van der Waals surface area contributed by atoms with E-state index in [1.165, 1.54) is 77.0 Å². The Morgan fingerprint density at radius 1 is 0.478 bits per heavy atom. The Kier molecular flexibility index (Phi) is 13.2. The standard InChI is InChI=1S/C36H62B2O8/c1-5-7-9-11-13-15-17-19-21-39-33-23-32(38-44-28-36(4,29-45-38)30-46-38)34(40-22-20-18-16-14-12-10-8-6-2)24-31(33)37-41-25-35(3,26-42-37)27-43-37/h23-24H,5-22,25-30H2,1-4H3/q-2. The van der Waals surface area contributed by atoms with Gasteiger partial charge in [0.15, 0.2) is 0 Å². The van der Waals surface area contributed by atoms with Gasteiger partial charge < -0.3 is 37.4 Å². The Balaban J connectivity index is 1.32. The molecule has 6 fully saturated rings. The molecular formula is C36H62B2O8-2. The first kappa shape index (κ1) is 36.0. The summed E-state index contributed by atoms with van der Waals surface area (Å²) in [6, 6.07) is 4.01. The van der Waals surface area contributed by atoms with E-state index in [0.29, 0.717) is 64.4 Å². The lowest BCUT2D eigenvalue weighted by Gasteiger charge is -2.59. The van der Waals surface area contributed by atoms with Gasteiger partial charge in [-0.1, -0.05) is 129 Å². The summed E-state index contributed by atoms with van der Waals surface area (Å²) in [7, 11) is 0. The Morgan fingerprint density at radius 3 is 1.07 bits per heavy atom. The van der Waals surface area contributed by atoms with Crippen LogP contribution in [-0.2, 0) is 27.9 Å². The third-order valence-electron chi connectivity index (χ3n) is 10.3. The van der Waals surface area contributed by atoms with Crippen LogP contribution in [0.3, 0.4) is 0 Å². The van der Waals surface area contributed by atoms with Crippen molar-refractivity contribution in [2.45, 2.75) is 130 Å². The molecule has 6 heterocycles. The minimum Gasteiger partial charge on any atom is -0.540 e. The summed E-state index contributed by atoms with van der Waals surface area (Å²) in [6.45, 7) is 9.19. The molecule has 0 spiro atoms. The van der Waals surface area contributed by atoms with Crippen molar-refractivity contribution in [1.82, 2.24) is 0 Å². The van der Waals surface area contributed by atoms with Crippen LogP contribution < -0.4 is 20.4 Å². The summed E-state index contributed by atoms with van der Waals surface area (Å²) in [6.07, 6.45) is 19.9. The molecule has 6 aliphatic rings. The average molecular weight is 645 g/mol. The van der Waals surface area contributed by atoms with Gasteiger partial charge in [0.2, 0.25) is 0 Å². The molecule has 6 aliphatic heterocycles. The van der Waals surface area contributed by atoms with Crippen LogP contribution >= 0.6 is 0 Å². The number of benzene rings is 1. The van der Waals surface area contributed by atoms with Gasteiger partial charge in [-0.05, 0) is 25.0 Å². The molecule has 1 aromatic rings. The minimum atomic E-state index is -2.17. The molecule has 0 N–H and O–H groups in total. The third-order valence-corrected chi connectivity index (χ3v) is 10.3. The maximum Gasteiger partial charge on any atom is 0.413 e. The predicted molar refractivity (Wildman–Crippen MR) is 185 cm³/mol. The Hall–Kier alpha value is -1.29. The Bertz CT molecular complexity index is 952. The fraction of sp³-hybridized carbons (Fsp3) is 0.833. The van der Waals surface area contributed by atoms with Gasteiger partial charge in [0.25, 0.3) is 0 Å². The molecule has 0 radical (unpaired) electrons. The SMILES string of the molecule is CCCCCCCCCCOc1cc([B-]23OCC(C)(CO2)CO3)c(OCCCCCCCCCC)cc1[B-]12OCC(C)(CO1)CO2. The third kappa shape index (κ3) is 9.03. The highest BCUT2D eigenvalue weighted by molar-refractivity contribution is 6.79. The highest BCUT2D eigenvalue weighted by Gasteiger charge is 2.51. The number of unbranched alkanes of at least 4 members (excludes halogenated alkanes) is 14. The first-order chi connectivity index (χ1) is 22.4. The first-order valence-corrected chi connectivity index (χ1v) is 18.9. The number of hydrogen-bond acceptors (Lipinski definition) is 8. The van der Waals surface area contributed by atoms with Crippen LogP contribution in [0.2, 0.25) is 0 Å². The maximum absolute atomic E-state index is 6.57. The van der Waals surface area contributed by atoms with E-state index in [9.17, 15) is 0 Å². The van der Waals surface area contributed by atoms with Crippen LogP contribution in [0.15, 0.2) is 12.1 Å². The Morgan fingerprint density at radius 2 is 0.761 bits per heavy atom. The van der Waals surface area contributed by atoms with Crippen molar-refractivity contribution < 1.29 is 37.4 Å². The fourth-order valence-electron chi connectivity index (χ4n) is 7.17. The number of ether oxygens (including phenoxy) is 2. The molecule has 0 atom stereocenters. The number of rotatable bonds is 22. The van der Waals surface area contributed by atoms with E-state index in [-0.39, 0.29) is 10.8 Å². The van der Waals surface area contributed by atoms with Crippen molar-refractivity contribution >= 4 is 24.4 Å². The van der Waals surface area contributed by atoms with Gasteiger partial charge in [-0.3, -0.25) is 0 Å². The second-order valence-corrected chi connectivity index (χ2v) is 15.3. The van der Waals surface area contributed by atoms with Gasteiger partial charge in [0.1, 0.15) is 0 Å². The van der Waals surface area contributed by atoms with Gasteiger partial charge >= 0.3 is 13.5 Å². The average Bonchev–Trinajstić information content (AvgIpc) is 3.08. The molecule has 8 nitrogen and oxygen atoms in total. The van der Waals surface area contributed by atoms with E-state index in [1.54, 1.807) is 0 Å². The monoisotopic (exact) mass is 644 g/mol. The fourth-order valence-corrected chi connectivity index (χ4v) is 7.17. The largest absolute Gasteiger partial charge is 0.540 e. The van der Waals surface area contributed by atoms with Crippen LogP contribution in [0.4, 0.5) is 0 Å². The van der Waals surface area contributed by atoms with E-state index >= 15 is 0 Å². The number of hydrogen-bond donors (Lipinski definition) is 0. The van der Waals surface area contributed by atoms with Crippen LogP contribution in [0.25, 0.3) is 0 Å². The topological polar surface area (TPSA) is 73.8 Å². The normalized spacial score (nSPS) is 30.2. The van der Waals surface area contributed by atoms with Crippen molar-refractivity contribution in [2.75, 3.05) is 52.9 Å². The quantitative estimate of drug-likeness (QED) is 0.0971. The molecule has 262 valence electrons. The lowest BCUT2D eigenvalue weighted by atomic mass is 9.60. The molecule has 6 saturated heterocycles. The van der Waals surface area contributed by atoms with E-state index in [1.807, 2.05) is 12.1 Å². The van der Waals surface area contributed by atoms with E-state index in [0.717, 1.165) is 36.6 Å². The highest BCUT2D eigenvalue weighted by atomic mass is 16.8. The van der Waals surface area contributed by atoms with E-state index in [2.05, 4.69) is 27.7 Å². The van der Waals surface area contributed by atoms with Crippen LogP contribution in [0.5, 0.6) is 11.5 Å². The summed E-state index contributed by atoms with van der Waals surface area (Å²) in [5.74, 6) is 1.35. The zero-order chi connectivity index (χ0) is 32.4. The molecule has 0 aromatic heterocycles. The zero-order valence-electron chi connectivity index (χ0n) is 29.5. The first-order valence-electron chi connectivity index (χ1n) is 18.9. The molecule has 0 unspecified atom stereocenters. The van der Waals surface area contributed by atoms with E-state index in [4.69, 9.17) is 37.4 Å². The summed E-state index contributed by atoms with van der Waals surface area (Å²) < 4.78 is 51.5. The molecule has 0 amide bonds. The molecule has 0 aliphatic carbocycles. The molecular weight excluding hydrogens is 582 g/mol. The van der Waals surface area contributed by atoms with Gasteiger partial charge in [-0.15, -0.1) is 0 Å². The highest BCUT2D eigenvalue weighted by Crippen LogP contribution is 2.39. The predicted octanol–water partition coefficient (Wildman–Crippen LogP) is 7.18. The molecule has 1 aromatic carbocycles. The molecule has 10 heteroatoms. The van der Waals surface area contributed by atoms with Crippen molar-refractivity contribution in [2.24, 2.45) is 10.8 Å². The summed E-state index contributed by atoms with van der Waals surface area (Å²) in [4.78, 5) is 0. The number of fused-ring (bicyclic) bond motifs is 6. The smallest absolute Gasteiger partial charge is 0.413 e.